The number of nitrogens with two attached hydrogens (primary N) is 1. The zero-order valence-corrected chi connectivity index (χ0v) is 11.6. The van der Waals surface area contributed by atoms with Gasteiger partial charge in [0.1, 0.15) is 17.5 Å². The van der Waals surface area contributed by atoms with Crippen LogP contribution in [0, 0.1) is 24.4 Å². The van der Waals surface area contributed by atoms with Crippen molar-refractivity contribution in [3.63, 3.8) is 0 Å². The molecule has 19 heavy (non-hydrogen) atoms. The second kappa shape index (κ2) is 5.35. The normalized spacial score (nSPS) is 12.5. The van der Waals surface area contributed by atoms with E-state index in [-0.39, 0.29) is 15.9 Å². The average Bonchev–Trinajstić information content (AvgIpc) is 2.37. The van der Waals surface area contributed by atoms with Crippen molar-refractivity contribution in [2.45, 2.75) is 13.0 Å². The summed E-state index contributed by atoms with van der Waals surface area (Å²) in [5.74, 6) is -1.85. The molecular weight excluding hydrogens is 319 g/mol. The standard InChI is InChI=1S/C14H11BrF3N/c1-7-6-8(2-4-10(7)16)14(19)12-11(17)5-3-9(15)13(12)18/h2-6,14H,19H2,1H3. The zero-order valence-electron chi connectivity index (χ0n) is 10.1. The first-order chi connectivity index (χ1) is 8.91. The molecule has 1 unspecified atom stereocenters. The van der Waals surface area contributed by atoms with Crippen LogP contribution in [0.2, 0.25) is 0 Å². The van der Waals surface area contributed by atoms with E-state index in [1.807, 2.05) is 0 Å². The number of hydrogen-bond acceptors (Lipinski definition) is 1. The maximum Gasteiger partial charge on any atom is 0.145 e. The van der Waals surface area contributed by atoms with Gasteiger partial charge in [0.2, 0.25) is 0 Å². The van der Waals surface area contributed by atoms with Gasteiger partial charge < -0.3 is 5.73 Å². The van der Waals surface area contributed by atoms with E-state index in [1.165, 1.54) is 24.3 Å². The van der Waals surface area contributed by atoms with Crippen LogP contribution in [0.25, 0.3) is 0 Å². The lowest BCUT2D eigenvalue weighted by atomic mass is 9.97. The highest BCUT2D eigenvalue weighted by Gasteiger charge is 2.20. The highest BCUT2D eigenvalue weighted by Crippen LogP contribution is 2.29. The van der Waals surface area contributed by atoms with Crippen LogP contribution in [0.1, 0.15) is 22.7 Å². The van der Waals surface area contributed by atoms with Crippen LogP contribution in [0.4, 0.5) is 13.2 Å². The van der Waals surface area contributed by atoms with Gasteiger partial charge >= 0.3 is 0 Å². The van der Waals surface area contributed by atoms with Gasteiger partial charge in [0, 0.05) is 5.56 Å². The number of rotatable bonds is 2. The predicted octanol–water partition coefficient (Wildman–Crippen LogP) is 4.22. The summed E-state index contributed by atoms with van der Waals surface area (Å²) in [4.78, 5) is 0. The number of hydrogen-bond donors (Lipinski definition) is 1. The Morgan fingerprint density at radius 1 is 1.05 bits per heavy atom. The molecule has 0 fully saturated rings. The van der Waals surface area contributed by atoms with Crippen molar-refractivity contribution in [1.82, 2.24) is 0 Å². The molecule has 0 radical (unpaired) electrons. The lowest BCUT2D eigenvalue weighted by Gasteiger charge is -2.16. The Labute approximate surface area is 117 Å². The summed E-state index contributed by atoms with van der Waals surface area (Å²) in [5, 5.41) is 0. The van der Waals surface area contributed by atoms with Crippen molar-refractivity contribution in [1.29, 1.82) is 0 Å². The third-order valence-electron chi connectivity index (χ3n) is 2.93. The van der Waals surface area contributed by atoms with Gasteiger partial charge in [-0.2, -0.15) is 0 Å². The molecule has 0 bridgehead atoms. The Bertz CT molecular complexity index is 628. The minimum absolute atomic E-state index is 0.137. The van der Waals surface area contributed by atoms with E-state index in [9.17, 15) is 13.2 Å². The number of benzene rings is 2. The molecule has 1 nitrogen and oxygen atoms in total. The second-order valence-corrected chi connectivity index (χ2v) is 5.10. The van der Waals surface area contributed by atoms with Crippen LogP contribution < -0.4 is 5.73 Å². The van der Waals surface area contributed by atoms with Gasteiger partial charge in [0.25, 0.3) is 0 Å². The highest BCUT2D eigenvalue weighted by atomic mass is 79.9. The highest BCUT2D eigenvalue weighted by molar-refractivity contribution is 9.10. The van der Waals surface area contributed by atoms with Gasteiger partial charge in [-0.3, -0.25) is 0 Å². The maximum absolute atomic E-state index is 13.9. The van der Waals surface area contributed by atoms with Gasteiger partial charge in [-0.15, -0.1) is 0 Å². The fraction of sp³-hybridized carbons (Fsp3) is 0.143. The molecular formula is C14H11BrF3N. The zero-order chi connectivity index (χ0) is 14.2. The maximum atomic E-state index is 13.9. The van der Waals surface area contributed by atoms with Gasteiger partial charge in [0.05, 0.1) is 10.5 Å². The van der Waals surface area contributed by atoms with Crippen LogP contribution >= 0.6 is 15.9 Å². The number of halogens is 4. The summed E-state index contributed by atoms with van der Waals surface area (Å²) in [7, 11) is 0. The van der Waals surface area contributed by atoms with Crippen molar-refractivity contribution >= 4 is 15.9 Å². The van der Waals surface area contributed by atoms with Gasteiger partial charge in [-0.1, -0.05) is 12.1 Å². The van der Waals surface area contributed by atoms with Crippen LogP contribution in [-0.4, -0.2) is 0 Å². The molecule has 0 saturated heterocycles. The molecule has 2 N–H and O–H groups in total. The van der Waals surface area contributed by atoms with Crippen LogP contribution in [0.5, 0.6) is 0 Å². The van der Waals surface area contributed by atoms with E-state index in [1.54, 1.807) is 6.92 Å². The van der Waals surface area contributed by atoms with Crippen LogP contribution in [0.15, 0.2) is 34.8 Å². The Balaban J connectivity index is 2.52. The van der Waals surface area contributed by atoms with E-state index in [4.69, 9.17) is 5.73 Å². The quantitative estimate of drug-likeness (QED) is 0.820. The Kier molecular flexibility index (Phi) is 3.96. The van der Waals surface area contributed by atoms with Crippen LogP contribution in [-0.2, 0) is 0 Å². The fourth-order valence-electron chi connectivity index (χ4n) is 1.86. The molecule has 0 aliphatic heterocycles. The Morgan fingerprint density at radius 2 is 1.68 bits per heavy atom. The van der Waals surface area contributed by atoms with Crippen molar-refractivity contribution < 1.29 is 13.2 Å². The summed E-state index contributed by atoms with van der Waals surface area (Å²) in [6, 6.07) is 5.57. The molecule has 0 saturated carbocycles. The summed E-state index contributed by atoms with van der Waals surface area (Å²) < 4.78 is 41.0. The minimum Gasteiger partial charge on any atom is -0.320 e. The fourth-order valence-corrected chi connectivity index (χ4v) is 2.20. The molecule has 2 aromatic rings. The molecule has 0 aromatic heterocycles. The molecule has 2 rings (SSSR count). The van der Waals surface area contributed by atoms with E-state index >= 15 is 0 Å². The third kappa shape index (κ3) is 2.67. The molecule has 2 aromatic carbocycles. The van der Waals surface area contributed by atoms with Crippen molar-refractivity contribution in [3.8, 4) is 0 Å². The van der Waals surface area contributed by atoms with Crippen molar-refractivity contribution in [2.75, 3.05) is 0 Å². The first kappa shape index (κ1) is 14.1. The largest absolute Gasteiger partial charge is 0.320 e. The first-order valence-electron chi connectivity index (χ1n) is 5.57. The lowest BCUT2D eigenvalue weighted by Crippen LogP contribution is -2.16. The van der Waals surface area contributed by atoms with Gasteiger partial charge in [0.15, 0.2) is 0 Å². The summed E-state index contributed by atoms with van der Waals surface area (Å²) in [6.07, 6.45) is 0. The molecule has 1 atom stereocenters. The Hall–Kier alpha value is -1.33. The smallest absolute Gasteiger partial charge is 0.145 e. The van der Waals surface area contributed by atoms with Gasteiger partial charge in [-0.05, 0) is 52.2 Å². The molecule has 0 amide bonds. The predicted molar refractivity (Wildman–Crippen MR) is 71.2 cm³/mol. The van der Waals surface area contributed by atoms with Gasteiger partial charge in [-0.25, -0.2) is 13.2 Å². The number of aryl methyl sites for hydroxylation is 1. The molecule has 0 aliphatic carbocycles. The van der Waals surface area contributed by atoms with E-state index in [0.717, 1.165) is 6.07 Å². The molecule has 0 heterocycles. The van der Waals surface area contributed by atoms with E-state index in [2.05, 4.69) is 15.9 Å². The second-order valence-electron chi connectivity index (χ2n) is 4.24. The lowest BCUT2D eigenvalue weighted by molar-refractivity contribution is 0.539. The van der Waals surface area contributed by atoms with Crippen molar-refractivity contribution in [3.05, 3.63) is 68.9 Å². The monoisotopic (exact) mass is 329 g/mol. The minimum atomic E-state index is -0.989. The summed E-state index contributed by atoms with van der Waals surface area (Å²) >= 11 is 2.99. The van der Waals surface area contributed by atoms with Crippen molar-refractivity contribution in [2.24, 2.45) is 5.73 Å². The van der Waals surface area contributed by atoms with E-state index in [0.29, 0.717) is 11.1 Å². The topological polar surface area (TPSA) is 26.0 Å². The Morgan fingerprint density at radius 3 is 2.32 bits per heavy atom. The van der Waals surface area contributed by atoms with Crippen LogP contribution in [0.3, 0.4) is 0 Å². The molecule has 100 valence electrons. The third-order valence-corrected chi connectivity index (χ3v) is 3.54. The molecule has 0 aliphatic rings. The SMILES string of the molecule is Cc1cc(C(N)c2c(F)ccc(Br)c2F)ccc1F. The van der Waals surface area contributed by atoms with E-state index < -0.39 is 17.7 Å². The molecule has 0 spiro atoms. The molecule has 5 heteroatoms. The summed E-state index contributed by atoms with van der Waals surface area (Å²) in [6.45, 7) is 1.57. The summed E-state index contributed by atoms with van der Waals surface area (Å²) in [5.41, 5.74) is 6.48. The average molecular weight is 330 g/mol. The first-order valence-corrected chi connectivity index (χ1v) is 6.36.